The van der Waals surface area contributed by atoms with Crippen molar-refractivity contribution in [3.8, 4) is 10.7 Å². The summed E-state index contributed by atoms with van der Waals surface area (Å²) in [6.45, 7) is 2.87. The van der Waals surface area contributed by atoms with Crippen LogP contribution in [0.2, 0.25) is 0 Å². The summed E-state index contributed by atoms with van der Waals surface area (Å²) in [5.41, 5.74) is 0.938. The molecule has 1 fully saturated rings. The van der Waals surface area contributed by atoms with Crippen molar-refractivity contribution in [1.29, 1.82) is 0 Å². The first-order valence-electron chi connectivity index (χ1n) is 6.58. The van der Waals surface area contributed by atoms with E-state index in [4.69, 9.17) is 0 Å². The highest BCUT2D eigenvalue weighted by Crippen LogP contribution is 2.24. The Morgan fingerprint density at radius 3 is 2.84 bits per heavy atom. The molecule has 3 rings (SSSR count). The van der Waals surface area contributed by atoms with E-state index in [1.807, 2.05) is 24.4 Å². The quantitative estimate of drug-likeness (QED) is 0.932. The van der Waals surface area contributed by atoms with Crippen molar-refractivity contribution < 1.29 is 5.11 Å². The average molecular weight is 275 g/mol. The van der Waals surface area contributed by atoms with E-state index >= 15 is 0 Å². The number of likely N-dealkylation sites (tertiary alicyclic amines) is 1. The number of hydrogen-bond donors (Lipinski definition) is 1. The number of pyridine rings is 1. The molecule has 1 saturated heterocycles. The number of aromatic nitrogens is 2. The van der Waals surface area contributed by atoms with E-state index < -0.39 is 0 Å². The van der Waals surface area contributed by atoms with Gasteiger partial charge in [-0.15, -0.1) is 11.3 Å². The third-order valence-electron chi connectivity index (χ3n) is 3.37. The van der Waals surface area contributed by atoms with Crippen LogP contribution in [0.1, 0.15) is 17.7 Å². The van der Waals surface area contributed by atoms with Crippen molar-refractivity contribution in [2.45, 2.75) is 25.5 Å². The zero-order valence-corrected chi connectivity index (χ0v) is 11.5. The van der Waals surface area contributed by atoms with E-state index in [1.165, 1.54) is 4.88 Å². The number of aliphatic hydroxyl groups is 1. The van der Waals surface area contributed by atoms with Gasteiger partial charge in [0.1, 0.15) is 5.01 Å². The highest BCUT2D eigenvalue weighted by atomic mass is 32.1. The summed E-state index contributed by atoms with van der Waals surface area (Å²) in [6, 6.07) is 5.88. The first kappa shape index (κ1) is 12.7. The number of aliphatic hydroxyl groups excluding tert-OH is 1. The fraction of sp³-hybridized carbons (Fsp3) is 0.429. The molecule has 0 unspecified atom stereocenters. The summed E-state index contributed by atoms with van der Waals surface area (Å²) in [5.74, 6) is 0. The van der Waals surface area contributed by atoms with Crippen LogP contribution in [0.25, 0.3) is 10.7 Å². The first-order chi connectivity index (χ1) is 9.31. The summed E-state index contributed by atoms with van der Waals surface area (Å²) >= 11 is 1.70. The summed E-state index contributed by atoms with van der Waals surface area (Å²) in [6.07, 6.45) is 5.39. The lowest BCUT2D eigenvalue weighted by Gasteiger charge is -2.28. The van der Waals surface area contributed by atoms with E-state index in [1.54, 1.807) is 17.5 Å². The van der Waals surface area contributed by atoms with Gasteiger partial charge in [-0.1, -0.05) is 6.07 Å². The van der Waals surface area contributed by atoms with Crippen LogP contribution in [-0.2, 0) is 6.54 Å². The molecular weight excluding hydrogens is 258 g/mol. The van der Waals surface area contributed by atoms with Crippen molar-refractivity contribution in [3.63, 3.8) is 0 Å². The van der Waals surface area contributed by atoms with Gasteiger partial charge in [0.05, 0.1) is 11.8 Å². The molecule has 0 radical (unpaired) electrons. The third-order valence-corrected chi connectivity index (χ3v) is 4.38. The Morgan fingerprint density at radius 1 is 1.26 bits per heavy atom. The first-order valence-corrected chi connectivity index (χ1v) is 7.39. The SMILES string of the molecule is OC1CCN(Cc2cnc(-c3ccccn3)s2)CC1. The average Bonchev–Trinajstić information content (AvgIpc) is 2.91. The zero-order valence-electron chi connectivity index (χ0n) is 10.7. The number of thiazole rings is 1. The van der Waals surface area contributed by atoms with Gasteiger partial charge in [-0.2, -0.15) is 0 Å². The van der Waals surface area contributed by atoms with Gasteiger partial charge in [-0.25, -0.2) is 4.98 Å². The van der Waals surface area contributed by atoms with Gasteiger partial charge in [-0.3, -0.25) is 9.88 Å². The Balaban J connectivity index is 1.65. The Hall–Kier alpha value is -1.30. The second-order valence-electron chi connectivity index (χ2n) is 4.85. The highest BCUT2D eigenvalue weighted by Gasteiger charge is 2.17. The summed E-state index contributed by atoms with van der Waals surface area (Å²) in [5, 5.41) is 10.5. The van der Waals surface area contributed by atoms with Crippen LogP contribution < -0.4 is 0 Å². The van der Waals surface area contributed by atoms with Gasteiger partial charge in [0.2, 0.25) is 0 Å². The normalized spacial score (nSPS) is 17.7. The number of hydrogen-bond acceptors (Lipinski definition) is 5. The molecule has 100 valence electrons. The molecule has 0 saturated carbocycles. The number of piperidine rings is 1. The molecule has 5 heteroatoms. The molecule has 19 heavy (non-hydrogen) atoms. The predicted molar refractivity (Wildman–Crippen MR) is 75.9 cm³/mol. The molecule has 1 aliphatic rings. The van der Waals surface area contributed by atoms with Gasteiger partial charge in [0, 0.05) is 36.9 Å². The molecule has 3 heterocycles. The second kappa shape index (κ2) is 5.77. The van der Waals surface area contributed by atoms with Crippen molar-refractivity contribution in [2.75, 3.05) is 13.1 Å². The van der Waals surface area contributed by atoms with Gasteiger partial charge in [0.25, 0.3) is 0 Å². The minimum Gasteiger partial charge on any atom is -0.393 e. The zero-order chi connectivity index (χ0) is 13.1. The van der Waals surface area contributed by atoms with Crippen LogP contribution in [0.4, 0.5) is 0 Å². The Labute approximate surface area is 116 Å². The van der Waals surface area contributed by atoms with Gasteiger partial charge in [0.15, 0.2) is 0 Å². The van der Waals surface area contributed by atoms with E-state index in [2.05, 4.69) is 14.9 Å². The minimum atomic E-state index is -0.109. The number of nitrogens with zero attached hydrogens (tertiary/aromatic N) is 3. The lowest BCUT2D eigenvalue weighted by molar-refractivity contribution is 0.0797. The molecule has 0 amide bonds. The lowest BCUT2D eigenvalue weighted by Crippen LogP contribution is -2.35. The topological polar surface area (TPSA) is 49.2 Å². The minimum absolute atomic E-state index is 0.109. The number of rotatable bonds is 3. The standard InChI is InChI=1S/C14H17N3OS/c18-11-4-7-17(8-5-11)10-12-9-16-14(19-12)13-3-1-2-6-15-13/h1-3,6,9,11,18H,4-5,7-8,10H2. The highest BCUT2D eigenvalue weighted by molar-refractivity contribution is 7.14. The van der Waals surface area contributed by atoms with Crippen molar-refractivity contribution in [2.24, 2.45) is 0 Å². The summed E-state index contributed by atoms with van der Waals surface area (Å²) in [4.78, 5) is 12.4. The Bertz CT molecular complexity index is 520. The molecule has 1 aliphatic heterocycles. The predicted octanol–water partition coefficient (Wildman–Crippen LogP) is 2.16. The smallest absolute Gasteiger partial charge is 0.142 e. The van der Waals surface area contributed by atoms with E-state index in [0.29, 0.717) is 0 Å². The summed E-state index contributed by atoms with van der Waals surface area (Å²) < 4.78 is 0. The molecule has 0 bridgehead atoms. The van der Waals surface area contributed by atoms with E-state index in [9.17, 15) is 5.11 Å². The maximum atomic E-state index is 9.50. The molecule has 4 nitrogen and oxygen atoms in total. The molecule has 0 aliphatic carbocycles. The van der Waals surface area contributed by atoms with Gasteiger partial charge < -0.3 is 5.11 Å². The van der Waals surface area contributed by atoms with Crippen LogP contribution in [-0.4, -0.2) is 39.2 Å². The largest absolute Gasteiger partial charge is 0.393 e. The Kier molecular flexibility index (Phi) is 3.87. The van der Waals surface area contributed by atoms with E-state index in [-0.39, 0.29) is 6.10 Å². The Morgan fingerprint density at radius 2 is 2.11 bits per heavy atom. The summed E-state index contributed by atoms with van der Waals surface area (Å²) in [7, 11) is 0. The van der Waals surface area contributed by atoms with Crippen LogP contribution >= 0.6 is 11.3 Å². The van der Waals surface area contributed by atoms with Crippen LogP contribution in [0.3, 0.4) is 0 Å². The monoisotopic (exact) mass is 275 g/mol. The van der Waals surface area contributed by atoms with E-state index in [0.717, 1.165) is 43.2 Å². The third kappa shape index (κ3) is 3.18. The molecule has 1 N–H and O–H groups in total. The van der Waals surface area contributed by atoms with Crippen molar-refractivity contribution in [1.82, 2.24) is 14.9 Å². The lowest BCUT2D eigenvalue weighted by atomic mass is 10.1. The molecule has 0 atom stereocenters. The second-order valence-corrected chi connectivity index (χ2v) is 5.97. The van der Waals surface area contributed by atoms with Crippen LogP contribution in [0.5, 0.6) is 0 Å². The van der Waals surface area contributed by atoms with Crippen molar-refractivity contribution >= 4 is 11.3 Å². The molecule has 2 aromatic rings. The molecule has 2 aromatic heterocycles. The van der Waals surface area contributed by atoms with Gasteiger partial charge in [-0.05, 0) is 25.0 Å². The van der Waals surface area contributed by atoms with Crippen LogP contribution in [0.15, 0.2) is 30.6 Å². The maximum absolute atomic E-state index is 9.50. The molecule has 0 aromatic carbocycles. The fourth-order valence-electron chi connectivity index (χ4n) is 2.29. The maximum Gasteiger partial charge on any atom is 0.142 e. The fourth-order valence-corrected chi connectivity index (χ4v) is 3.22. The van der Waals surface area contributed by atoms with Gasteiger partial charge >= 0.3 is 0 Å². The van der Waals surface area contributed by atoms with Crippen molar-refractivity contribution in [3.05, 3.63) is 35.5 Å². The molecule has 0 spiro atoms. The molecular formula is C14H17N3OS. The van der Waals surface area contributed by atoms with Crippen LogP contribution in [0, 0.1) is 0 Å².